The molecule has 1 atom stereocenters. The van der Waals surface area contributed by atoms with Crippen molar-refractivity contribution >= 4 is 17.7 Å². The predicted octanol–water partition coefficient (Wildman–Crippen LogP) is 3.61. The molecule has 1 aromatic carbocycles. The second-order valence-electron chi connectivity index (χ2n) is 7.23. The molecule has 0 spiro atoms. The highest BCUT2D eigenvalue weighted by atomic mass is 19.3. The molecule has 0 aliphatic carbocycles. The van der Waals surface area contributed by atoms with Gasteiger partial charge in [-0.25, -0.2) is 14.8 Å². The summed E-state index contributed by atoms with van der Waals surface area (Å²) in [6.45, 7) is 3.62. The average Bonchev–Trinajstić information content (AvgIpc) is 3.30. The number of anilines is 2. The summed E-state index contributed by atoms with van der Waals surface area (Å²) >= 11 is 0. The Labute approximate surface area is 171 Å². The molecule has 30 heavy (non-hydrogen) atoms. The van der Waals surface area contributed by atoms with Gasteiger partial charge >= 0.3 is 6.09 Å². The summed E-state index contributed by atoms with van der Waals surface area (Å²) in [7, 11) is 0. The Morgan fingerprint density at radius 3 is 2.90 bits per heavy atom. The van der Waals surface area contributed by atoms with E-state index in [9.17, 15) is 13.6 Å². The van der Waals surface area contributed by atoms with Gasteiger partial charge in [0.2, 0.25) is 5.95 Å². The molecule has 1 saturated heterocycles. The van der Waals surface area contributed by atoms with Crippen LogP contribution in [0.1, 0.15) is 18.2 Å². The molecular formula is C20H20F2N6O2. The number of aromatic nitrogens is 4. The Morgan fingerprint density at radius 2 is 2.17 bits per heavy atom. The fourth-order valence-electron chi connectivity index (χ4n) is 3.17. The summed E-state index contributed by atoms with van der Waals surface area (Å²) < 4.78 is 33.9. The zero-order valence-corrected chi connectivity index (χ0v) is 16.4. The van der Waals surface area contributed by atoms with E-state index < -0.39 is 12.0 Å². The highest BCUT2D eigenvalue weighted by Gasteiger charge is 2.26. The number of nitrogens with zero attached hydrogens (tertiary/aromatic N) is 4. The van der Waals surface area contributed by atoms with Gasteiger partial charge in [-0.1, -0.05) is 6.07 Å². The van der Waals surface area contributed by atoms with Gasteiger partial charge in [-0.05, 0) is 36.2 Å². The molecule has 3 heterocycles. The first-order chi connectivity index (χ1) is 14.3. The Morgan fingerprint density at radius 1 is 1.33 bits per heavy atom. The van der Waals surface area contributed by atoms with Gasteiger partial charge in [-0.2, -0.15) is 13.9 Å². The number of alkyl carbamates (subject to hydrolysis) is 1. The molecular weight excluding hydrogens is 394 g/mol. The van der Waals surface area contributed by atoms with Crippen molar-refractivity contribution in [2.75, 3.05) is 11.9 Å². The van der Waals surface area contributed by atoms with E-state index in [0.29, 0.717) is 18.8 Å². The van der Waals surface area contributed by atoms with Crippen molar-refractivity contribution in [3.05, 3.63) is 54.1 Å². The van der Waals surface area contributed by atoms with E-state index in [4.69, 9.17) is 4.74 Å². The molecule has 0 radical (unpaired) electrons. The number of cyclic esters (lactones) is 1. The number of ether oxygens (including phenoxy) is 1. The third-order valence-corrected chi connectivity index (χ3v) is 4.54. The summed E-state index contributed by atoms with van der Waals surface area (Å²) in [6.07, 6.45) is 4.19. The van der Waals surface area contributed by atoms with Crippen LogP contribution in [0.15, 0.2) is 42.9 Å². The Balaban J connectivity index is 1.53. The van der Waals surface area contributed by atoms with Gasteiger partial charge in [0, 0.05) is 30.6 Å². The molecule has 1 amide bonds. The van der Waals surface area contributed by atoms with Crippen molar-refractivity contribution in [2.24, 2.45) is 0 Å². The van der Waals surface area contributed by atoms with E-state index in [1.165, 1.54) is 12.3 Å². The predicted molar refractivity (Wildman–Crippen MR) is 106 cm³/mol. The van der Waals surface area contributed by atoms with Crippen molar-refractivity contribution in [3.63, 3.8) is 0 Å². The minimum absolute atomic E-state index is 0.0943. The van der Waals surface area contributed by atoms with Gasteiger partial charge in [0.15, 0.2) is 0 Å². The highest BCUT2D eigenvalue weighted by molar-refractivity contribution is 5.70. The zero-order valence-electron chi connectivity index (χ0n) is 16.4. The average molecular weight is 414 g/mol. The van der Waals surface area contributed by atoms with Crippen LogP contribution in [0.2, 0.25) is 0 Å². The number of nitrogens with one attached hydrogen (secondary N) is 2. The van der Waals surface area contributed by atoms with Gasteiger partial charge in [0.05, 0.1) is 19.3 Å². The topological polar surface area (TPSA) is 94.0 Å². The number of carbonyl (C=O) groups excluding carboxylic acids is 1. The van der Waals surface area contributed by atoms with Crippen LogP contribution in [-0.4, -0.2) is 38.5 Å². The zero-order chi connectivity index (χ0) is 21.3. The van der Waals surface area contributed by atoms with Crippen molar-refractivity contribution < 1.29 is 18.3 Å². The normalized spacial score (nSPS) is 16.3. The molecule has 4 rings (SSSR count). The molecule has 0 saturated carbocycles. The van der Waals surface area contributed by atoms with Crippen LogP contribution in [0.5, 0.6) is 0 Å². The number of rotatable bonds is 6. The number of amides is 1. The SMILES string of the molecule is Cc1cc(Nc2nccc(C(C)(F)F)n2)cc(-c2cnn(CC3CNC(=O)O3)c2)c1. The number of aryl methyl sites for hydroxylation is 1. The third kappa shape index (κ3) is 4.53. The molecule has 2 aromatic heterocycles. The largest absolute Gasteiger partial charge is 0.442 e. The van der Waals surface area contributed by atoms with Gasteiger partial charge in [-0.15, -0.1) is 0 Å². The lowest BCUT2D eigenvalue weighted by molar-refractivity contribution is 0.0127. The monoisotopic (exact) mass is 414 g/mol. The maximum absolute atomic E-state index is 13.5. The van der Waals surface area contributed by atoms with Crippen LogP contribution in [0.25, 0.3) is 11.1 Å². The molecule has 1 unspecified atom stereocenters. The Bertz CT molecular complexity index is 1080. The quantitative estimate of drug-likeness (QED) is 0.640. The first-order valence-electron chi connectivity index (χ1n) is 9.34. The van der Waals surface area contributed by atoms with Crippen LogP contribution in [-0.2, 0) is 17.2 Å². The van der Waals surface area contributed by atoms with Crippen molar-refractivity contribution in [1.82, 2.24) is 25.1 Å². The number of halogens is 2. The fourth-order valence-corrected chi connectivity index (χ4v) is 3.17. The Hall–Kier alpha value is -3.56. The summed E-state index contributed by atoms with van der Waals surface area (Å²) in [5, 5.41) is 9.93. The number of hydrogen-bond acceptors (Lipinski definition) is 6. The Kier molecular flexibility index (Phi) is 5.06. The molecule has 0 bridgehead atoms. The van der Waals surface area contributed by atoms with Crippen molar-refractivity contribution in [3.8, 4) is 11.1 Å². The molecule has 2 N–H and O–H groups in total. The summed E-state index contributed by atoms with van der Waals surface area (Å²) in [5.74, 6) is -2.95. The van der Waals surface area contributed by atoms with E-state index in [1.807, 2.05) is 31.3 Å². The molecule has 8 nitrogen and oxygen atoms in total. The molecule has 3 aromatic rings. The second kappa shape index (κ2) is 7.69. The van der Waals surface area contributed by atoms with Gasteiger partial charge in [0.1, 0.15) is 11.8 Å². The maximum Gasteiger partial charge on any atom is 0.407 e. The van der Waals surface area contributed by atoms with E-state index in [1.54, 1.807) is 10.9 Å². The van der Waals surface area contributed by atoms with Gasteiger partial charge in [0.25, 0.3) is 5.92 Å². The summed E-state index contributed by atoms with van der Waals surface area (Å²) in [6, 6.07) is 6.92. The first kappa shape index (κ1) is 19.7. The number of benzene rings is 1. The van der Waals surface area contributed by atoms with E-state index >= 15 is 0 Å². The number of carbonyl (C=O) groups is 1. The molecule has 1 fully saturated rings. The number of alkyl halides is 2. The maximum atomic E-state index is 13.5. The highest BCUT2D eigenvalue weighted by Crippen LogP contribution is 2.28. The van der Waals surface area contributed by atoms with Crippen molar-refractivity contribution in [1.29, 1.82) is 0 Å². The molecule has 1 aliphatic heterocycles. The fraction of sp³-hybridized carbons (Fsp3) is 0.300. The first-order valence-corrected chi connectivity index (χ1v) is 9.34. The lowest BCUT2D eigenvalue weighted by atomic mass is 10.1. The molecule has 1 aliphatic rings. The third-order valence-electron chi connectivity index (χ3n) is 4.54. The standard InChI is InChI=1S/C20H20F2N6O2/c1-12-5-13(14-8-25-28(10-14)11-16-9-24-19(29)30-16)7-15(6-12)26-18-23-4-3-17(27-18)20(2,21)22/h3-8,10,16H,9,11H2,1-2H3,(H,24,29)(H,23,26,27). The van der Waals surface area contributed by atoms with Crippen LogP contribution >= 0.6 is 0 Å². The summed E-state index contributed by atoms with van der Waals surface area (Å²) in [5.41, 5.74) is 3.05. The minimum atomic E-state index is -3.05. The lowest BCUT2D eigenvalue weighted by Crippen LogP contribution is -2.20. The second-order valence-corrected chi connectivity index (χ2v) is 7.23. The van der Waals surface area contributed by atoms with Crippen LogP contribution in [0.3, 0.4) is 0 Å². The van der Waals surface area contributed by atoms with Gasteiger partial charge in [-0.3, -0.25) is 4.68 Å². The van der Waals surface area contributed by atoms with E-state index in [2.05, 4.69) is 25.7 Å². The molecule has 10 heteroatoms. The smallest absolute Gasteiger partial charge is 0.407 e. The molecule has 156 valence electrons. The van der Waals surface area contributed by atoms with Crippen LogP contribution in [0, 0.1) is 6.92 Å². The number of hydrogen-bond donors (Lipinski definition) is 2. The summed E-state index contributed by atoms with van der Waals surface area (Å²) in [4.78, 5) is 19.1. The minimum Gasteiger partial charge on any atom is -0.442 e. The van der Waals surface area contributed by atoms with Crippen molar-refractivity contribution in [2.45, 2.75) is 32.4 Å². The van der Waals surface area contributed by atoms with E-state index in [-0.39, 0.29) is 17.7 Å². The van der Waals surface area contributed by atoms with E-state index in [0.717, 1.165) is 23.6 Å². The van der Waals surface area contributed by atoms with Crippen LogP contribution < -0.4 is 10.6 Å². The lowest BCUT2D eigenvalue weighted by Gasteiger charge is -2.12. The van der Waals surface area contributed by atoms with Gasteiger partial charge < -0.3 is 15.4 Å². The van der Waals surface area contributed by atoms with Crippen LogP contribution in [0.4, 0.5) is 25.2 Å².